The van der Waals surface area contributed by atoms with Crippen molar-refractivity contribution in [2.24, 2.45) is 0 Å². The maximum atomic E-state index is 12.6. The minimum atomic E-state index is -4.38. The molecule has 1 aromatic rings. The molecule has 0 spiro atoms. The standard InChI is InChI=1S/C14H17F3N2O/c1-9-3-4-10(14(15,16)17)7-12(9)18-8-13(20)19(2)11-5-6-11/h3-4,7,11,18H,5-6,8H2,1-2H3. The molecule has 3 nitrogen and oxygen atoms in total. The van der Waals surface area contributed by atoms with Gasteiger partial charge in [-0.2, -0.15) is 13.2 Å². The smallest absolute Gasteiger partial charge is 0.376 e. The SMILES string of the molecule is Cc1ccc(C(F)(F)F)cc1NCC(=O)N(C)C1CC1. The second-order valence-electron chi connectivity index (χ2n) is 5.12. The van der Waals surface area contributed by atoms with Gasteiger partial charge in [0.1, 0.15) is 0 Å². The monoisotopic (exact) mass is 286 g/mol. The number of hydrogen-bond donors (Lipinski definition) is 1. The lowest BCUT2D eigenvalue weighted by Gasteiger charge is -2.18. The zero-order valence-corrected chi connectivity index (χ0v) is 11.4. The summed E-state index contributed by atoms with van der Waals surface area (Å²) in [5.74, 6) is -0.107. The van der Waals surface area contributed by atoms with Gasteiger partial charge in [0.2, 0.25) is 5.91 Å². The van der Waals surface area contributed by atoms with Crippen molar-refractivity contribution in [3.05, 3.63) is 29.3 Å². The average molecular weight is 286 g/mol. The molecular formula is C14H17F3N2O. The van der Waals surface area contributed by atoms with Gasteiger partial charge in [-0.3, -0.25) is 4.79 Å². The molecule has 1 aliphatic carbocycles. The fourth-order valence-electron chi connectivity index (χ4n) is 1.95. The van der Waals surface area contributed by atoms with Crippen molar-refractivity contribution in [2.45, 2.75) is 32.0 Å². The van der Waals surface area contributed by atoms with E-state index in [0.717, 1.165) is 25.0 Å². The van der Waals surface area contributed by atoms with Crippen molar-refractivity contribution in [1.29, 1.82) is 0 Å². The lowest BCUT2D eigenvalue weighted by molar-refractivity contribution is -0.137. The van der Waals surface area contributed by atoms with Crippen LogP contribution in [0.5, 0.6) is 0 Å². The van der Waals surface area contributed by atoms with Crippen molar-refractivity contribution < 1.29 is 18.0 Å². The molecule has 2 rings (SSSR count). The lowest BCUT2D eigenvalue weighted by atomic mass is 10.1. The molecule has 1 saturated carbocycles. The Hall–Kier alpha value is -1.72. The Morgan fingerprint density at radius 2 is 2.05 bits per heavy atom. The van der Waals surface area contributed by atoms with Gasteiger partial charge < -0.3 is 10.2 Å². The van der Waals surface area contributed by atoms with Crippen LogP contribution in [0, 0.1) is 6.92 Å². The summed E-state index contributed by atoms with van der Waals surface area (Å²) in [6.45, 7) is 1.71. The third-order valence-electron chi connectivity index (χ3n) is 3.48. The minimum Gasteiger partial charge on any atom is -0.376 e. The van der Waals surface area contributed by atoms with E-state index in [0.29, 0.717) is 17.3 Å². The first kappa shape index (κ1) is 14.7. The number of nitrogens with zero attached hydrogens (tertiary/aromatic N) is 1. The Morgan fingerprint density at radius 1 is 1.40 bits per heavy atom. The predicted octanol–water partition coefficient (Wildman–Crippen LogP) is 3.05. The van der Waals surface area contributed by atoms with Crippen LogP contribution in [0.1, 0.15) is 24.0 Å². The van der Waals surface area contributed by atoms with E-state index in [-0.39, 0.29) is 12.5 Å². The van der Waals surface area contributed by atoms with Crippen LogP contribution in [0.4, 0.5) is 18.9 Å². The van der Waals surface area contributed by atoms with Gasteiger partial charge in [0.15, 0.2) is 0 Å². The van der Waals surface area contributed by atoms with Gasteiger partial charge in [-0.1, -0.05) is 6.07 Å². The van der Waals surface area contributed by atoms with Crippen molar-refractivity contribution >= 4 is 11.6 Å². The quantitative estimate of drug-likeness (QED) is 0.922. The second-order valence-corrected chi connectivity index (χ2v) is 5.12. The largest absolute Gasteiger partial charge is 0.416 e. The summed E-state index contributed by atoms with van der Waals surface area (Å²) in [5.41, 5.74) is 0.311. The number of carbonyl (C=O) groups is 1. The number of likely N-dealkylation sites (N-methyl/N-ethyl adjacent to an activating group) is 1. The van der Waals surface area contributed by atoms with Gasteiger partial charge in [0, 0.05) is 18.8 Å². The highest BCUT2D eigenvalue weighted by Crippen LogP contribution is 2.32. The van der Waals surface area contributed by atoms with Crippen LogP contribution < -0.4 is 5.32 Å². The zero-order valence-electron chi connectivity index (χ0n) is 11.4. The molecule has 0 radical (unpaired) electrons. The van der Waals surface area contributed by atoms with Crippen LogP contribution in [-0.4, -0.2) is 30.4 Å². The summed E-state index contributed by atoms with van der Waals surface area (Å²) >= 11 is 0. The number of hydrogen-bond acceptors (Lipinski definition) is 2. The summed E-state index contributed by atoms with van der Waals surface area (Å²) in [6.07, 6.45) is -2.37. The molecule has 20 heavy (non-hydrogen) atoms. The van der Waals surface area contributed by atoms with E-state index in [9.17, 15) is 18.0 Å². The number of carbonyl (C=O) groups excluding carboxylic acids is 1. The first-order valence-corrected chi connectivity index (χ1v) is 6.46. The van der Waals surface area contributed by atoms with Gasteiger partial charge in [0.25, 0.3) is 0 Å². The van der Waals surface area contributed by atoms with E-state index in [4.69, 9.17) is 0 Å². The van der Waals surface area contributed by atoms with E-state index in [1.165, 1.54) is 6.07 Å². The highest BCUT2D eigenvalue weighted by Gasteiger charge is 2.31. The van der Waals surface area contributed by atoms with E-state index < -0.39 is 11.7 Å². The molecule has 0 aromatic heterocycles. The summed E-state index contributed by atoms with van der Waals surface area (Å²) in [7, 11) is 1.72. The molecule has 1 aliphatic rings. The first-order chi connectivity index (χ1) is 9.29. The van der Waals surface area contributed by atoms with Crippen molar-refractivity contribution in [3.63, 3.8) is 0 Å². The molecule has 0 saturated heterocycles. The number of nitrogens with one attached hydrogen (secondary N) is 1. The van der Waals surface area contributed by atoms with Gasteiger partial charge in [0.05, 0.1) is 12.1 Å². The molecule has 0 bridgehead atoms. The Kier molecular flexibility index (Phi) is 3.92. The van der Waals surface area contributed by atoms with Crippen LogP contribution in [-0.2, 0) is 11.0 Å². The summed E-state index contributed by atoms with van der Waals surface area (Å²) < 4.78 is 37.9. The van der Waals surface area contributed by atoms with Crippen LogP contribution >= 0.6 is 0 Å². The van der Waals surface area contributed by atoms with E-state index >= 15 is 0 Å². The Labute approximate surface area is 115 Å². The molecule has 110 valence electrons. The molecule has 6 heteroatoms. The van der Waals surface area contributed by atoms with Gasteiger partial charge >= 0.3 is 6.18 Å². The Morgan fingerprint density at radius 3 is 2.60 bits per heavy atom. The molecule has 0 unspecified atom stereocenters. The summed E-state index contributed by atoms with van der Waals surface area (Å²) in [6, 6.07) is 3.78. The van der Waals surface area contributed by atoms with Crippen molar-refractivity contribution in [1.82, 2.24) is 4.90 Å². The normalized spacial score (nSPS) is 15.1. The highest BCUT2D eigenvalue weighted by molar-refractivity contribution is 5.81. The van der Waals surface area contributed by atoms with Gasteiger partial charge in [-0.25, -0.2) is 0 Å². The van der Waals surface area contributed by atoms with Gasteiger partial charge in [-0.15, -0.1) is 0 Å². The fraction of sp³-hybridized carbons (Fsp3) is 0.500. The second kappa shape index (κ2) is 5.34. The Bertz CT molecular complexity index is 510. The fourth-order valence-corrected chi connectivity index (χ4v) is 1.95. The predicted molar refractivity (Wildman–Crippen MR) is 70.5 cm³/mol. The molecule has 0 heterocycles. The number of aryl methyl sites for hydroxylation is 1. The molecule has 0 aliphatic heterocycles. The molecule has 1 fully saturated rings. The van der Waals surface area contributed by atoms with Crippen LogP contribution in [0.3, 0.4) is 0 Å². The number of rotatable bonds is 4. The number of anilines is 1. The Balaban J connectivity index is 2.03. The van der Waals surface area contributed by atoms with E-state index in [1.54, 1.807) is 18.9 Å². The lowest BCUT2D eigenvalue weighted by Crippen LogP contribution is -2.33. The third-order valence-corrected chi connectivity index (χ3v) is 3.48. The van der Waals surface area contributed by atoms with Crippen molar-refractivity contribution in [3.8, 4) is 0 Å². The molecule has 1 aromatic carbocycles. The summed E-state index contributed by atoms with van der Waals surface area (Å²) in [5, 5.41) is 2.80. The maximum absolute atomic E-state index is 12.6. The summed E-state index contributed by atoms with van der Waals surface area (Å²) in [4.78, 5) is 13.5. The number of benzene rings is 1. The number of alkyl halides is 3. The molecule has 1 amide bonds. The zero-order chi connectivity index (χ0) is 14.9. The third kappa shape index (κ3) is 3.43. The highest BCUT2D eigenvalue weighted by atomic mass is 19.4. The van der Waals surface area contributed by atoms with E-state index in [2.05, 4.69) is 5.32 Å². The topological polar surface area (TPSA) is 32.3 Å². The van der Waals surface area contributed by atoms with Crippen molar-refractivity contribution in [2.75, 3.05) is 18.9 Å². The minimum absolute atomic E-state index is 0.00908. The molecule has 0 atom stereocenters. The number of halogens is 3. The average Bonchev–Trinajstić information content (AvgIpc) is 3.19. The number of amides is 1. The molecular weight excluding hydrogens is 269 g/mol. The van der Waals surface area contributed by atoms with Crippen LogP contribution in [0.15, 0.2) is 18.2 Å². The van der Waals surface area contributed by atoms with E-state index in [1.807, 2.05) is 0 Å². The maximum Gasteiger partial charge on any atom is 0.416 e. The van der Waals surface area contributed by atoms with Crippen LogP contribution in [0.25, 0.3) is 0 Å². The molecule has 1 N–H and O–H groups in total. The first-order valence-electron chi connectivity index (χ1n) is 6.46. The van der Waals surface area contributed by atoms with Gasteiger partial charge in [-0.05, 0) is 37.5 Å². The van der Waals surface area contributed by atoms with Crippen LogP contribution in [0.2, 0.25) is 0 Å².